The van der Waals surface area contributed by atoms with Crippen molar-refractivity contribution < 1.29 is 31.1 Å². The number of benzene rings is 2. The van der Waals surface area contributed by atoms with Gasteiger partial charge in [-0.1, -0.05) is 12.1 Å². The number of nitrogens with zero attached hydrogens (tertiary/aromatic N) is 3. The SMILES string of the molecule is FC(F)(F)c1ccc(Oc2cccc3c2CCN(c2ccnc(C(F)(F)F)n2)C3)cc1. The van der Waals surface area contributed by atoms with Crippen LogP contribution in [0.15, 0.2) is 54.7 Å². The van der Waals surface area contributed by atoms with Crippen molar-refractivity contribution in [2.45, 2.75) is 25.3 Å². The molecule has 0 unspecified atom stereocenters. The topological polar surface area (TPSA) is 38.2 Å². The van der Waals surface area contributed by atoms with Crippen molar-refractivity contribution >= 4 is 5.82 Å². The van der Waals surface area contributed by atoms with Crippen LogP contribution in [0.2, 0.25) is 0 Å². The van der Waals surface area contributed by atoms with Crippen LogP contribution in [0, 0.1) is 0 Å². The Bertz CT molecular complexity index is 1080. The van der Waals surface area contributed by atoms with E-state index in [1.165, 1.54) is 18.2 Å². The summed E-state index contributed by atoms with van der Waals surface area (Å²) >= 11 is 0. The minimum Gasteiger partial charge on any atom is -0.457 e. The lowest BCUT2D eigenvalue weighted by molar-refractivity contribution is -0.145. The molecule has 1 aliphatic rings. The molecule has 1 aromatic heterocycles. The lowest BCUT2D eigenvalue weighted by atomic mass is 9.98. The van der Waals surface area contributed by atoms with Gasteiger partial charge in [-0.15, -0.1) is 0 Å². The molecule has 0 saturated carbocycles. The van der Waals surface area contributed by atoms with Crippen LogP contribution in [0.3, 0.4) is 0 Å². The third kappa shape index (κ3) is 4.57. The predicted molar refractivity (Wildman–Crippen MR) is 99.7 cm³/mol. The molecule has 0 spiro atoms. The molecule has 0 saturated heterocycles. The average molecular weight is 439 g/mol. The van der Waals surface area contributed by atoms with Crippen LogP contribution in [0.5, 0.6) is 11.5 Å². The average Bonchev–Trinajstić information content (AvgIpc) is 2.73. The zero-order valence-electron chi connectivity index (χ0n) is 15.8. The van der Waals surface area contributed by atoms with Crippen molar-refractivity contribution in [3.63, 3.8) is 0 Å². The summed E-state index contributed by atoms with van der Waals surface area (Å²) in [6, 6.07) is 11.1. The third-order valence-corrected chi connectivity index (χ3v) is 4.85. The molecule has 0 aliphatic carbocycles. The predicted octanol–water partition coefficient (Wildman–Crippen LogP) is 5.87. The molecular weight excluding hydrogens is 424 g/mol. The molecule has 2 aromatic carbocycles. The number of fused-ring (bicyclic) bond motifs is 1. The Labute approximate surface area is 173 Å². The molecular formula is C21H15F6N3O. The normalized spacial score (nSPS) is 14.3. The van der Waals surface area contributed by atoms with Crippen LogP contribution >= 0.6 is 0 Å². The van der Waals surface area contributed by atoms with Crippen LogP contribution in [0.25, 0.3) is 0 Å². The molecule has 2 heterocycles. The van der Waals surface area contributed by atoms with E-state index >= 15 is 0 Å². The standard InChI is InChI=1S/C21H15F6N3O/c22-20(23,24)14-4-6-15(7-5-14)31-17-3-1-2-13-12-30(11-9-16(13)17)18-8-10-28-19(29-18)21(25,26)27/h1-8,10H,9,11-12H2. The molecule has 4 nitrogen and oxygen atoms in total. The number of ether oxygens (including phenoxy) is 1. The highest BCUT2D eigenvalue weighted by Crippen LogP contribution is 2.35. The van der Waals surface area contributed by atoms with Crippen molar-refractivity contribution in [3.8, 4) is 11.5 Å². The van der Waals surface area contributed by atoms with Crippen LogP contribution in [0.4, 0.5) is 32.2 Å². The van der Waals surface area contributed by atoms with E-state index in [1.54, 1.807) is 17.0 Å². The highest BCUT2D eigenvalue weighted by atomic mass is 19.4. The summed E-state index contributed by atoms with van der Waals surface area (Å²) in [5, 5.41) is 0. The van der Waals surface area contributed by atoms with Gasteiger partial charge < -0.3 is 9.64 Å². The molecule has 0 fully saturated rings. The Hall–Kier alpha value is -3.30. The molecule has 0 amide bonds. The van der Waals surface area contributed by atoms with Gasteiger partial charge in [0, 0.05) is 24.8 Å². The first-order valence-corrected chi connectivity index (χ1v) is 9.22. The Kier molecular flexibility index (Phi) is 5.24. The van der Waals surface area contributed by atoms with E-state index < -0.39 is 23.7 Å². The summed E-state index contributed by atoms with van der Waals surface area (Å²) in [5.41, 5.74) is 0.917. The maximum absolute atomic E-state index is 12.9. The smallest absolute Gasteiger partial charge is 0.451 e. The van der Waals surface area contributed by atoms with E-state index in [9.17, 15) is 26.3 Å². The van der Waals surface area contributed by atoms with Crippen LogP contribution in [-0.4, -0.2) is 16.5 Å². The number of alkyl halides is 6. The third-order valence-electron chi connectivity index (χ3n) is 4.85. The van der Waals surface area contributed by atoms with Gasteiger partial charge in [0.2, 0.25) is 5.82 Å². The van der Waals surface area contributed by atoms with Crippen LogP contribution in [-0.2, 0) is 25.3 Å². The quantitative estimate of drug-likeness (QED) is 0.479. The molecule has 4 rings (SSSR count). The summed E-state index contributed by atoms with van der Waals surface area (Å²) < 4.78 is 82.7. The zero-order chi connectivity index (χ0) is 22.2. The lowest BCUT2D eigenvalue weighted by Crippen LogP contribution is -2.31. The fourth-order valence-corrected chi connectivity index (χ4v) is 3.37. The van der Waals surface area contributed by atoms with E-state index in [-0.39, 0.29) is 11.6 Å². The molecule has 3 aromatic rings. The first kappa shape index (κ1) is 21.0. The minimum absolute atomic E-state index is 0.169. The second-order valence-corrected chi connectivity index (χ2v) is 6.93. The number of rotatable bonds is 3. The summed E-state index contributed by atoms with van der Waals surface area (Å²) in [7, 11) is 0. The monoisotopic (exact) mass is 439 g/mol. The summed E-state index contributed by atoms with van der Waals surface area (Å²) in [6.07, 6.45) is -7.52. The lowest BCUT2D eigenvalue weighted by Gasteiger charge is -2.31. The van der Waals surface area contributed by atoms with Gasteiger partial charge in [-0.3, -0.25) is 0 Å². The second-order valence-electron chi connectivity index (χ2n) is 6.93. The Morgan fingerprint density at radius 3 is 2.29 bits per heavy atom. The molecule has 0 N–H and O–H groups in total. The summed E-state index contributed by atoms with van der Waals surface area (Å²) in [6.45, 7) is 0.711. The van der Waals surface area contributed by atoms with Crippen molar-refractivity contribution in [2.24, 2.45) is 0 Å². The Morgan fingerprint density at radius 1 is 0.871 bits per heavy atom. The molecule has 0 atom stereocenters. The molecule has 0 radical (unpaired) electrons. The number of anilines is 1. The molecule has 0 bridgehead atoms. The van der Waals surface area contributed by atoms with E-state index in [2.05, 4.69) is 9.97 Å². The van der Waals surface area contributed by atoms with E-state index in [0.29, 0.717) is 25.3 Å². The van der Waals surface area contributed by atoms with Crippen molar-refractivity contribution in [2.75, 3.05) is 11.4 Å². The number of hydrogen-bond acceptors (Lipinski definition) is 4. The van der Waals surface area contributed by atoms with E-state index in [1.807, 2.05) is 6.07 Å². The molecule has 162 valence electrons. The van der Waals surface area contributed by atoms with Gasteiger partial charge in [-0.2, -0.15) is 26.3 Å². The zero-order valence-corrected chi connectivity index (χ0v) is 15.8. The Morgan fingerprint density at radius 2 is 1.61 bits per heavy atom. The summed E-state index contributed by atoms with van der Waals surface area (Å²) in [4.78, 5) is 8.61. The Balaban J connectivity index is 1.54. The second kappa shape index (κ2) is 7.75. The first-order chi connectivity index (χ1) is 14.6. The van der Waals surface area contributed by atoms with Gasteiger partial charge in [0.1, 0.15) is 17.3 Å². The van der Waals surface area contributed by atoms with Gasteiger partial charge in [0.25, 0.3) is 0 Å². The van der Waals surface area contributed by atoms with E-state index in [4.69, 9.17) is 4.74 Å². The van der Waals surface area contributed by atoms with Crippen LogP contribution in [0.1, 0.15) is 22.5 Å². The van der Waals surface area contributed by atoms with Crippen LogP contribution < -0.4 is 9.64 Å². The fourth-order valence-electron chi connectivity index (χ4n) is 3.37. The summed E-state index contributed by atoms with van der Waals surface area (Å²) in [5.74, 6) is -0.276. The number of aromatic nitrogens is 2. The van der Waals surface area contributed by atoms with Gasteiger partial charge in [-0.25, -0.2) is 9.97 Å². The maximum Gasteiger partial charge on any atom is 0.451 e. The number of hydrogen-bond donors (Lipinski definition) is 0. The molecule has 31 heavy (non-hydrogen) atoms. The largest absolute Gasteiger partial charge is 0.457 e. The van der Waals surface area contributed by atoms with Gasteiger partial charge >= 0.3 is 12.4 Å². The molecule has 10 heteroatoms. The number of halogens is 6. The highest BCUT2D eigenvalue weighted by Gasteiger charge is 2.35. The van der Waals surface area contributed by atoms with Crippen molar-refractivity contribution in [1.29, 1.82) is 0 Å². The van der Waals surface area contributed by atoms with Gasteiger partial charge in [0.15, 0.2) is 0 Å². The van der Waals surface area contributed by atoms with Crippen molar-refractivity contribution in [1.82, 2.24) is 9.97 Å². The van der Waals surface area contributed by atoms with Gasteiger partial charge in [0.05, 0.1) is 5.56 Å². The molecule has 1 aliphatic heterocycles. The van der Waals surface area contributed by atoms with E-state index in [0.717, 1.165) is 29.5 Å². The first-order valence-electron chi connectivity index (χ1n) is 9.22. The maximum atomic E-state index is 12.9. The van der Waals surface area contributed by atoms with Gasteiger partial charge in [-0.05, 0) is 48.4 Å². The highest BCUT2D eigenvalue weighted by molar-refractivity contribution is 5.49. The van der Waals surface area contributed by atoms with Crippen molar-refractivity contribution in [3.05, 3.63) is 77.2 Å². The minimum atomic E-state index is -4.63. The fraction of sp³-hybridized carbons (Fsp3) is 0.238.